The van der Waals surface area contributed by atoms with Gasteiger partial charge in [-0.15, -0.1) is 0 Å². The second kappa shape index (κ2) is 9.33. The van der Waals surface area contributed by atoms with Crippen LogP contribution in [0.5, 0.6) is 0 Å². The summed E-state index contributed by atoms with van der Waals surface area (Å²) in [5.74, 6) is -2.40. The molecule has 1 atom stereocenters. The van der Waals surface area contributed by atoms with E-state index in [1.807, 2.05) is 21.1 Å². The van der Waals surface area contributed by atoms with E-state index in [0.717, 1.165) is 0 Å². The second-order valence-electron chi connectivity index (χ2n) is 5.93. The molecule has 1 N–H and O–H groups in total. The number of ether oxygens (including phenoxy) is 1. The summed E-state index contributed by atoms with van der Waals surface area (Å²) in [4.78, 5) is 32.6. The minimum atomic E-state index is -1.17. The van der Waals surface area contributed by atoms with Crippen molar-refractivity contribution in [2.75, 3.05) is 21.1 Å². The van der Waals surface area contributed by atoms with E-state index in [1.54, 1.807) is 0 Å². The fourth-order valence-corrected chi connectivity index (χ4v) is 1.78. The quantitative estimate of drug-likeness (QED) is 0.252. The summed E-state index contributed by atoms with van der Waals surface area (Å²) in [6, 6.07) is 0. The van der Waals surface area contributed by atoms with Gasteiger partial charge >= 0.3 is 11.9 Å². The molecule has 0 rings (SSSR count). The maximum Gasteiger partial charge on any atom is 0.310 e. The highest BCUT2D eigenvalue weighted by atomic mass is 16.6. The van der Waals surface area contributed by atoms with Crippen LogP contribution in [-0.4, -0.2) is 54.9 Å². The zero-order valence-corrected chi connectivity index (χ0v) is 13.0. The molecule has 0 aliphatic heterocycles. The largest absolute Gasteiger partial charge is 0.550 e. The van der Waals surface area contributed by atoms with Crippen LogP contribution >= 0.6 is 0 Å². The van der Waals surface area contributed by atoms with Crippen molar-refractivity contribution < 1.29 is 33.8 Å². The number of carboxylic acid groups (broad SMARTS) is 2. The highest BCUT2D eigenvalue weighted by Gasteiger charge is 2.27. The molecule has 7 nitrogen and oxygen atoms in total. The van der Waals surface area contributed by atoms with Crippen molar-refractivity contribution in [2.24, 2.45) is 0 Å². The van der Waals surface area contributed by atoms with Crippen molar-refractivity contribution in [1.82, 2.24) is 0 Å². The molecule has 0 aliphatic carbocycles. The molecule has 0 saturated carbocycles. The first kappa shape index (κ1) is 19.4. The van der Waals surface area contributed by atoms with Crippen molar-refractivity contribution in [3.05, 3.63) is 0 Å². The van der Waals surface area contributed by atoms with Crippen LogP contribution in [0.2, 0.25) is 0 Å². The van der Waals surface area contributed by atoms with Crippen LogP contribution < -0.4 is 5.11 Å². The van der Waals surface area contributed by atoms with Gasteiger partial charge in [-0.1, -0.05) is 6.42 Å². The molecule has 0 aromatic heterocycles. The van der Waals surface area contributed by atoms with Gasteiger partial charge in [-0.2, -0.15) is 0 Å². The zero-order valence-electron chi connectivity index (χ0n) is 13.0. The lowest BCUT2D eigenvalue weighted by Gasteiger charge is -2.33. The molecule has 0 amide bonds. The van der Waals surface area contributed by atoms with Gasteiger partial charge in [-0.05, 0) is 19.3 Å². The first-order chi connectivity index (χ1) is 9.62. The number of nitrogens with zero attached hydrogens (tertiary/aromatic N) is 1. The smallest absolute Gasteiger partial charge is 0.310 e. The maximum atomic E-state index is 11.7. The van der Waals surface area contributed by atoms with Crippen LogP contribution in [0, 0.1) is 0 Å². The van der Waals surface area contributed by atoms with Gasteiger partial charge < -0.3 is 19.7 Å². The highest BCUT2D eigenvalue weighted by Crippen LogP contribution is 2.14. The van der Waals surface area contributed by atoms with Gasteiger partial charge in [0.1, 0.15) is 0 Å². The molecule has 0 aromatic rings. The fourth-order valence-electron chi connectivity index (χ4n) is 1.78. The van der Waals surface area contributed by atoms with E-state index in [0.29, 0.717) is 23.7 Å². The molecule has 0 radical (unpaired) electrons. The molecule has 0 heterocycles. The molecule has 7 heteroatoms. The SMILES string of the molecule is C[N+](C)(C)[C@H](CCC(=O)[O-])OC(=O)CCCCCC(=O)O. The Morgan fingerprint density at radius 3 is 2.10 bits per heavy atom. The number of hydrogen-bond acceptors (Lipinski definition) is 5. The van der Waals surface area contributed by atoms with Gasteiger partial charge in [0, 0.05) is 25.2 Å². The summed E-state index contributed by atoms with van der Waals surface area (Å²) in [5, 5.41) is 19.0. The Kier molecular flexibility index (Phi) is 8.61. The Labute approximate surface area is 125 Å². The standard InChI is InChI=1S/C14H25NO6/c1-15(2,3)11(9-10-13(18)19)21-14(20)8-6-4-5-7-12(16)17/h11H,4-10H2,1-3H3,(H-,16,17,18,19)/t11-/m0/s1. The molecule has 0 saturated heterocycles. The van der Waals surface area contributed by atoms with Crippen molar-refractivity contribution in [3.63, 3.8) is 0 Å². The van der Waals surface area contributed by atoms with Gasteiger partial charge in [0.15, 0.2) is 0 Å². The lowest BCUT2D eigenvalue weighted by atomic mass is 10.1. The van der Waals surface area contributed by atoms with E-state index in [1.165, 1.54) is 0 Å². The number of rotatable bonds is 11. The summed E-state index contributed by atoms with van der Waals surface area (Å²) in [7, 11) is 5.46. The minimum absolute atomic E-state index is 0.0994. The first-order valence-electron chi connectivity index (χ1n) is 7.05. The van der Waals surface area contributed by atoms with Crippen molar-refractivity contribution in [2.45, 2.75) is 51.2 Å². The van der Waals surface area contributed by atoms with E-state index < -0.39 is 18.2 Å². The van der Waals surface area contributed by atoms with Crippen molar-refractivity contribution in [3.8, 4) is 0 Å². The number of carbonyl (C=O) groups excluding carboxylic acids is 2. The van der Waals surface area contributed by atoms with Gasteiger partial charge in [0.25, 0.3) is 0 Å². The number of hydrogen-bond donors (Lipinski definition) is 1. The molecular weight excluding hydrogens is 278 g/mol. The lowest BCUT2D eigenvalue weighted by molar-refractivity contribution is -0.917. The first-order valence-corrected chi connectivity index (χ1v) is 7.05. The monoisotopic (exact) mass is 303 g/mol. The molecule has 0 aliphatic rings. The van der Waals surface area contributed by atoms with Crippen LogP contribution in [0.1, 0.15) is 44.9 Å². The Morgan fingerprint density at radius 1 is 1.05 bits per heavy atom. The zero-order chi connectivity index (χ0) is 16.5. The number of aliphatic carboxylic acids is 2. The number of esters is 1. The summed E-state index contributed by atoms with van der Waals surface area (Å²) < 4.78 is 5.64. The third kappa shape index (κ3) is 10.8. The van der Waals surface area contributed by atoms with Crippen LogP contribution in [-0.2, 0) is 19.1 Å². The van der Waals surface area contributed by atoms with Crippen LogP contribution in [0.15, 0.2) is 0 Å². The fraction of sp³-hybridized carbons (Fsp3) is 0.786. The molecule has 0 spiro atoms. The highest BCUT2D eigenvalue weighted by molar-refractivity contribution is 5.69. The predicted octanol–water partition coefficient (Wildman–Crippen LogP) is 0.127. The van der Waals surface area contributed by atoms with E-state index in [9.17, 15) is 19.5 Å². The van der Waals surface area contributed by atoms with E-state index in [4.69, 9.17) is 9.84 Å². The Morgan fingerprint density at radius 2 is 1.62 bits per heavy atom. The number of quaternary nitrogens is 1. The third-order valence-electron chi connectivity index (χ3n) is 3.00. The van der Waals surface area contributed by atoms with Crippen molar-refractivity contribution >= 4 is 17.9 Å². The van der Waals surface area contributed by atoms with E-state index in [-0.39, 0.29) is 31.7 Å². The van der Waals surface area contributed by atoms with Crippen LogP contribution in [0.25, 0.3) is 0 Å². The molecule has 21 heavy (non-hydrogen) atoms. The van der Waals surface area contributed by atoms with Crippen LogP contribution in [0.4, 0.5) is 0 Å². The molecule has 0 unspecified atom stereocenters. The van der Waals surface area contributed by atoms with E-state index >= 15 is 0 Å². The molecule has 0 aromatic carbocycles. The number of carboxylic acids is 2. The molecule has 0 bridgehead atoms. The van der Waals surface area contributed by atoms with Crippen LogP contribution in [0.3, 0.4) is 0 Å². The Bertz CT molecular complexity index is 361. The van der Waals surface area contributed by atoms with E-state index in [2.05, 4.69) is 0 Å². The number of carbonyl (C=O) groups is 3. The van der Waals surface area contributed by atoms with Crippen molar-refractivity contribution in [1.29, 1.82) is 0 Å². The summed E-state index contributed by atoms with van der Waals surface area (Å²) in [5.41, 5.74) is 0. The normalized spacial score (nSPS) is 12.7. The number of unbranched alkanes of at least 4 members (excludes halogenated alkanes) is 2. The minimum Gasteiger partial charge on any atom is -0.550 e. The average Bonchev–Trinajstić information content (AvgIpc) is 2.31. The summed E-state index contributed by atoms with van der Waals surface area (Å²) in [6.07, 6.45) is 1.57. The predicted molar refractivity (Wildman–Crippen MR) is 72.9 cm³/mol. The topological polar surface area (TPSA) is 104 Å². The Balaban J connectivity index is 4.10. The van der Waals surface area contributed by atoms with Gasteiger partial charge in [0.05, 0.1) is 21.1 Å². The Hall–Kier alpha value is -1.63. The molecular formula is C14H25NO6. The maximum absolute atomic E-state index is 11.7. The van der Waals surface area contributed by atoms with Gasteiger partial charge in [-0.3, -0.25) is 14.1 Å². The molecule has 0 fully saturated rings. The lowest BCUT2D eigenvalue weighted by Crippen LogP contribution is -2.48. The summed E-state index contributed by atoms with van der Waals surface area (Å²) in [6.45, 7) is 0. The second-order valence-corrected chi connectivity index (χ2v) is 5.93. The molecule has 122 valence electrons. The summed E-state index contributed by atoms with van der Waals surface area (Å²) >= 11 is 0. The van der Waals surface area contributed by atoms with Gasteiger partial charge in [0.2, 0.25) is 6.23 Å². The average molecular weight is 303 g/mol. The third-order valence-corrected chi connectivity index (χ3v) is 3.00. The van der Waals surface area contributed by atoms with Gasteiger partial charge in [-0.25, -0.2) is 0 Å².